The van der Waals surface area contributed by atoms with Gasteiger partial charge in [-0.15, -0.1) is 17.0 Å². The minimum absolute atomic E-state index is 0. The molecule has 0 amide bonds. The van der Waals surface area contributed by atoms with E-state index in [-0.39, 0.29) is 35.1 Å². The number of halogens is 3. The number of aromatic nitrogens is 2. The molecule has 0 aliphatic rings. The monoisotopic (exact) mass is 451 g/mol. The van der Waals surface area contributed by atoms with Gasteiger partial charge in [-0.25, -0.2) is 8.96 Å². The Kier molecular flexibility index (Phi) is 6.34. The average Bonchev–Trinajstić information content (AvgIpc) is 2.57. The molecule has 6 heteroatoms. The predicted molar refractivity (Wildman–Crippen MR) is 98.6 cm³/mol. The summed E-state index contributed by atoms with van der Waals surface area (Å²) < 4.78 is 15.6. The first kappa shape index (κ1) is 18.4. The Morgan fingerprint density at radius 1 is 1.04 bits per heavy atom. The second-order valence-corrected chi connectivity index (χ2v) is 5.97. The molecule has 0 N–H and O–H groups in total. The number of carbonyl (C=O) groups is 1. The minimum atomic E-state index is -0.278. The van der Waals surface area contributed by atoms with E-state index in [0.717, 1.165) is 15.7 Å². The Balaban J connectivity index is 0.00000208. The van der Waals surface area contributed by atoms with E-state index in [9.17, 15) is 9.18 Å². The second kappa shape index (κ2) is 8.26. The maximum absolute atomic E-state index is 12.9. The number of nitrogens with zero attached hydrogens (tertiary/aromatic N) is 2. The van der Waals surface area contributed by atoms with Crippen molar-refractivity contribution in [2.75, 3.05) is 0 Å². The molecule has 24 heavy (non-hydrogen) atoms. The lowest BCUT2D eigenvalue weighted by Gasteiger charge is -2.01. The van der Waals surface area contributed by atoms with Crippen LogP contribution < -0.4 is 4.57 Å². The normalized spacial score (nSPS) is 10.1. The molecule has 3 rings (SSSR count). The average molecular weight is 453 g/mol. The van der Waals surface area contributed by atoms with Crippen molar-refractivity contribution in [3.8, 4) is 11.3 Å². The van der Waals surface area contributed by atoms with Crippen molar-refractivity contribution < 1.29 is 13.8 Å². The molecule has 1 aromatic heterocycles. The Bertz CT molecular complexity index is 819. The van der Waals surface area contributed by atoms with Gasteiger partial charge in [-0.2, -0.15) is 0 Å². The molecule has 0 atom stereocenters. The van der Waals surface area contributed by atoms with Crippen molar-refractivity contribution >= 4 is 38.7 Å². The third-order valence-electron chi connectivity index (χ3n) is 3.40. The highest BCUT2D eigenvalue weighted by Gasteiger charge is 2.11. The quantitative estimate of drug-likeness (QED) is 0.434. The van der Waals surface area contributed by atoms with E-state index >= 15 is 0 Å². The molecule has 3 nitrogen and oxygen atoms in total. The standard InChI is InChI=1S/C18H13BrFN2O.BrH/c19-15-5-1-14(2-6-15)18(23)11-22-10-9-17(21-12-22)13-3-7-16(20)8-4-13;/h1-10,12H,11H2;1H/q+1;. The zero-order valence-electron chi connectivity index (χ0n) is 12.5. The molecule has 0 radical (unpaired) electrons. The summed E-state index contributed by atoms with van der Waals surface area (Å²) in [6.45, 7) is 0.221. The first-order valence-electron chi connectivity index (χ1n) is 7.01. The summed E-state index contributed by atoms with van der Waals surface area (Å²) >= 11 is 3.35. The summed E-state index contributed by atoms with van der Waals surface area (Å²) in [5, 5.41) is 0. The molecule has 0 aliphatic carbocycles. The summed E-state index contributed by atoms with van der Waals surface area (Å²) in [6, 6.07) is 15.2. The van der Waals surface area contributed by atoms with E-state index in [4.69, 9.17) is 0 Å². The Labute approximate surface area is 158 Å². The van der Waals surface area contributed by atoms with Gasteiger partial charge in [0.2, 0.25) is 5.78 Å². The molecule has 0 aliphatic heterocycles. The molecule has 0 fully saturated rings. The van der Waals surface area contributed by atoms with Gasteiger partial charge >= 0.3 is 0 Å². The number of Topliss-reactive ketones (excluding diaryl/α,β-unsaturated/α-hetero) is 1. The molecule has 0 saturated heterocycles. The molecule has 0 saturated carbocycles. The van der Waals surface area contributed by atoms with Gasteiger partial charge in [0, 0.05) is 21.7 Å². The van der Waals surface area contributed by atoms with Gasteiger partial charge in [-0.3, -0.25) is 4.79 Å². The molecule has 0 spiro atoms. The van der Waals surface area contributed by atoms with Gasteiger partial charge in [-0.05, 0) is 41.4 Å². The van der Waals surface area contributed by atoms with Gasteiger partial charge in [0.25, 0.3) is 6.33 Å². The van der Waals surface area contributed by atoms with Crippen LogP contribution in [0, 0.1) is 5.82 Å². The lowest BCUT2D eigenvalue weighted by molar-refractivity contribution is -0.686. The maximum atomic E-state index is 12.9. The van der Waals surface area contributed by atoms with Gasteiger partial charge in [-0.1, -0.05) is 28.1 Å². The summed E-state index contributed by atoms with van der Waals surface area (Å²) in [6.07, 6.45) is 3.40. The van der Waals surface area contributed by atoms with Gasteiger partial charge in [0.1, 0.15) is 5.82 Å². The largest absolute Gasteiger partial charge is 0.290 e. The van der Waals surface area contributed by atoms with E-state index in [0.29, 0.717) is 5.56 Å². The summed E-state index contributed by atoms with van der Waals surface area (Å²) in [7, 11) is 0. The molecule has 122 valence electrons. The highest BCUT2D eigenvalue weighted by molar-refractivity contribution is 9.10. The van der Waals surface area contributed by atoms with Crippen LogP contribution in [-0.4, -0.2) is 10.8 Å². The second-order valence-electron chi connectivity index (χ2n) is 5.05. The molecular formula is C18H14Br2FN2O+. The zero-order valence-corrected chi connectivity index (χ0v) is 15.8. The van der Waals surface area contributed by atoms with Crippen LogP contribution in [0.5, 0.6) is 0 Å². The number of hydrogen-bond acceptors (Lipinski definition) is 2. The Hall–Kier alpha value is -1.92. The highest BCUT2D eigenvalue weighted by Crippen LogP contribution is 2.15. The first-order valence-corrected chi connectivity index (χ1v) is 7.81. The molecule has 2 aromatic carbocycles. The number of rotatable bonds is 4. The lowest BCUT2D eigenvalue weighted by atomic mass is 10.1. The van der Waals surface area contributed by atoms with Gasteiger partial charge < -0.3 is 0 Å². The van der Waals surface area contributed by atoms with Crippen molar-refractivity contribution in [3.63, 3.8) is 0 Å². The van der Waals surface area contributed by atoms with Crippen molar-refractivity contribution in [3.05, 3.63) is 83.0 Å². The summed E-state index contributed by atoms with van der Waals surface area (Å²) in [4.78, 5) is 16.5. The topological polar surface area (TPSA) is 33.8 Å². The van der Waals surface area contributed by atoms with Crippen LogP contribution in [0.15, 0.2) is 71.6 Å². The molecule has 1 heterocycles. The smallest absolute Gasteiger partial charge is 0.287 e. The number of benzene rings is 2. The van der Waals surface area contributed by atoms with Crippen LogP contribution in [0.4, 0.5) is 4.39 Å². The SMILES string of the molecule is Br.O=C(C[n+]1ccc(-c2ccc(F)cc2)nc1)c1ccc(Br)cc1. The first-order chi connectivity index (χ1) is 11.1. The fourth-order valence-corrected chi connectivity index (χ4v) is 2.43. The van der Waals surface area contributed by atoms with E-state index in [1.165, 1.54) is 12.1 Å². The van der Waals surface area contributed by atoms with Crippen LogP contribution in [-0.2, 0) is 6.54 Å². The maximum Gasteiger partial charge on any atom is 0.287 e. The molecule has 0 bridgehead atoms. The van der Waals surface area contributed by atoms with Crippen LogP contribution in [0.3, 0.4) is 0 Å². The Morgan fingerprint density at radius 2 is 1.71 bits per heavy atom. The third-order valence-corrected chi connectivity index (χ3v) is 3.93. The fourth-order valence-electron chi connectivity index (χ4n) is 2.16. The molecular weight excluding hydrogens is 439 g/mol. The van der Waals surface area contributed by atoms with Crippen molar-refractivity contribution in [1.82, 2.24) is 4.98 Å². The van der Waals surface area contributed by atoms with E-state index in [1.54, 1.807) is 41.4 Å². The number of ketones is 1. The van der Waals surface area contributed by atoms with Crippen molar-refractivity contribution in [1.29, 1.82) is 0 Å². The van der Waals surface area contributed by atoms with Crippen LogP contribution in [0.2, 0.25) is 0 Å². The Morgan fingerprint density at radius 3 is 2.29 bits per heavy atom. The molecule has 3 aromatic rings. The van der Waals surface area contributed by atoms with E-state index in [1.807, 2.05) is 18.2 Å². The van der Waals surface area contributed by atoms with Crippen LogP contribution >= 0.6 is 32.9 Å². The fraction of sp³-hybridized carbons (Fsp3) is 0.0556. The zero-order chi connectivity index (χ0) is 16.2. The van der Waals surface area contributed by atoms with Crippen molar-refractivity contribution in [2.24, 2.45) is 0 Å². The van der Waals surface area contributed by atoms with E-state index in [2.05, 4.69) is 20.9 Å². The highest BCUT2D eigenvalue weighted by atomic mass is 79.9. The van der Waals surface area contributed by atoms with E-state index < -0.39 is 0 Å². The minimum Gasteiger partial charge on any atom is -0.290 e. The number of hydrogen-bond donors (Lipinski definition) is 0. The van der Waals surface area contributed by atoms with Gasteiger partial charge in [0.15, 0.2) is 12.2 Å². The molecule has 0 unspecified atom stereocenters. The predicted octanol–water partition coefficient (Wildman–Crippen LogP) is 4.40. The number of carbonyl (C=O) groups excluding carboxylic acids is 1. The van der Waals surface area contributed by atoms with Crippen LogP contribution in [0.1, 0.15) is 10.4 Å². The van der Waals surface area contributed by atoms with Crippen molar-refractivity contribution in [2.45, 2.75) is 6.54 Å². The lowest BCUT2D eigenvalue weighted by Crippen LogP contribution is -2.37. The van der Waals surface area contributed by atoms with Crippen LogP contribution in [0.25, 0.3) is 11.3 Å². The summed E-state index contributed by atoms with van der Waals surface area (Å²) in [5.41, 5.74) is 2.22. The van der Waals surface area contributed by atoms with Gasteiger partial charge in [0.05, 0.1) is 6.20 Å². The summed E-state index contributed by atoms with van der Waals surface area (Å²) in [5.74, 6) is -0.265. The third kappa shape index (κ3) is 4.55.